The lowest BCUT2D eigenvalue weighted by Gasteiger charge is -2.04. The normalized spacial score (nSPS) is 12.4. The van der Waals surface area contributed by atoms with E-state index >= 15 is 0 Å². The molecule has 0 spiro atoms. The predicted octanol–water partition coefficient (Wildman–Crippen LogP) is 4.26. The van der Waals surface area contributed by atoms with Gasteiger partial charge in [-0.25, -0.2) is 0 Å². The maximum atomic E-state index is 3.69. The summed E-state index contributed by atoms with van der Waals surface area (Å²) >= 11 is 0. The summed E-state index contributed by atoms with van der Waals surface area (Å²) in [6.45, 7) is 7.89. The van der Waals surface area contributed by atoms with Gasteiger partial charge in [-0.15, -0.1) is 0 Å². The molecule has 84 valence electrons. The molecule has 0 unspecified atom stereocenters. The molecule has 0 atom stereocenters. The van der Waals surface area contributed by atoms with Crippen LogP contribution in [0.3, 0.4) is 0 Å². The molecule has 0 saturated heterocycles. The predicted molar refractivity (Wildman–Crippen MR) is 73.6 cm³/mol. The number of hydrogen-bond donors (Lipinski definition) is 1. The van der Waals surface area contributed by atoms with Crippen LogP contribution in [-0.4, -0.2) is 7.05 Å². The Morgan fingerprint density at radius 2 is 1.81 bits per heavy atom. The second-order valence-corrected chi connectivity index (χ2v) is 3.80. The lowest BCUT2D eigenvalue weighted by atomic mass is 10.0. The van der Waals surface area contributed by atoms with E-state index in [-0.39, 0.29) is 0 Å². The highest BCUT2D eigenvalue weighted by Gasteiger charge is 1.95. The minimum atomic E-state index is 1.13. The summed E-state index contributed by atoms with van der Waals surface area (Å²) in [4.78, 5) is 0. The summed E-state index contributed by atoms with van der Waals surface area (Å²) in [5.41, 5.74) is 4.86. The molecular weight excluding hydrogens is 194 g/mol. The smallest absolute Gasteiger partial charge is 0.0337 e. The molecule has 1 aromatic carbocycles. The molecule has 0 aliphatic rings. The van der Waals surface area contributed by atoms with E-state index in [4.69, 9.17) is 0 Å². The Labute approximate surface area is 98.2 Å². The topological polar surface area (TPSA) is 12.0 Å². The Bertz CT molecular complexity index is 408. The fourth-order valence-electron chi connectivity index (χ4n) is 1.56. The maximum Gasteiger partial charge on any atom is 0.0337 e. The molecule has 1 nitrogen and oxygen atoms in total. The van der Waals surface area contributed by atoms with Crippen LogP contribution >= 0.6 is 0 Å². The van der Waals surface area contributed by atoms with Gasteiger partial charge < -0.3 is 5.32 Å². The van der Waals surface area contributed by atoms with Crippen LogP contribution in [0.25, 0.3) is 5.57 Å². The van der Waals surface area contributed by atoms with E-state index in [1.54, 1.807) is 0 Å². The van der Waals surface area contributed by atoms with Crippen molar-refractivity contribution in [2.45, 2.75) is 13.8 Å². The lowest BCUT2D eigenvalue weighted by molar-refractivity contribution is 1.46. The third-order valence-electron chi connectivity index (χ3n) is 2.45. The quantitative estimate of drug-likeness (QED) is 0.737. The molecule has 0 aromatic heterocycles. The molecule has 0 heterocycles. The van der Waals surface area contributed by atoms with Crippen molar-refractivity contribution in [3.63, 3.8) is 0 Å². The van der Waals surface area contributed by atoms with Gasteiger partial charge in [0, 0.05) is 12.7 Å². The SMILES string of the molecule is C=C/C=C(C)/C=C(\C)c1ccc(NC)cc1. The monoisotopic (exact) mass is 213 g/mol. The molecule has 0 aliphatic heterocycles. The first kappa shape index (κ1) is 12.3. The van der Waals surface area contributed by atoms with E-state index in [0.717, 1.165) is 5.69 Å². The number of rotatable bonds is 4. The number of nitrogens with one attached hydrogen (secondary N) is 1. The molecule has 1 rings (SSSR count). The summed E-state index contributed by atoms with van der Waals surface area (Å²) in [7, 11) is 1.93. The zero-order valence-corrected chi connectivity index (χ0v) is 10.2. The van der Waals surface area contributed by atoms with Crippen molar-refractivity contribution in [3.8, 4) is 0 Å². The summed E-state index contributed by atoms with van der Waals surface area (Å²) < 4.78 is 0. The summed E-state index contributed by atoms with van der Waals surface area (Å²) in [6.07, 6.45) is 5.98. The van der Waals surface area contributed by atoms with E-state index in [2.05, 4.69) is 56.1 Å². The van der Waals surface area contributed by atoms with Gasteiger partial charge in [-0.2, -0.15) is 0 Å². The standard InChI is InChI=1S/C15H19N/c1-5-6-12(2)11-13(3)14-7-9-15(16-4)10-8-14/h5-11,16H,1H2,2-4H3/b12-6+,13-11+. The highest BCUT2D eigenvalue weighted by Crippen LogP contribution is 2.18. The fraction of sp³-hybridized carbons (Fsp3) is 0.200. The van der Waals surface area contributed by atoms with Crippen molar-refractivity contribution >= 4 is 11.3 Å². The van der Waals surface area contributed by atoms with Crippen molar-refractivity contribution in [2.75, 3.05) is 12.4 Å². The molecule has 16 heavy (non-hydrogen) atoms. The van der Waals surface area contributed by atoms with Gasteiger partial charge in [0.2, 0.25) is 0 Å². The highest BCUT2D eigenvalue weighted by atomic mass is 14.8. The average Bonchev–Trinajstić information content (AvgIpc) is 2.29. The summed E-state index contributed by atoms with van der Waals surface area (Å²) in [6, 6.07) is 8.41. The van der Waals surface area contributed by atoms with Gasteiger partial charge >= 0.3 is 0 Å². The summed E-state index contributed by atoms with van der Waals surface area (Å²) in [5, 5.41) is 3.11. The van der Waals surface area contributed by atoms with Crippen molar-refractivity contribution in [1.29, 1.82) is 0 Å². The molecular formula is C15H19N. The molecule has 1 heteroatoms. The number of benzene rings is 1. The van der Waals surface area contributed by atoms with Crippen LogP contribution in [-0.2, 0) is 0 Å². The molecule has 0 radical (unpaired) electrons. The molecule has 0 bridgehead atoms. The first-order valence-electron chi connectivity index (χ1n) is 5.43. The van der Waals surface area contributed by atoms with Gasteiger partial charge in [-0.05, 0) is 37.1 Å². The molecule has 0 amide bonds. The molecule has 1 aromatic rings. The Morgan fingerprint density at radius 1 is 1.19 bits per heavy atom. The Kier molecular flexibility index (Phi) is 4.59. The average molecular weight is 213 g/mol. The van der Waals surface area contributed by atoms with Crippen molar-refractivity contribution < 1.29 is 0 Å². The highest BCUT2D eigenvalue weighted by molar-refractivity contribution is 5.67. The minimum absolute atomic E-state index is 1.13. The van der Waals surface area contributed by atoms with Crippen LogP contribution in [0.2, 0.25) is 0 Å². The van der Waals surface area contributed by atoms with Crippen molar-refractivity contribution in [1.82, 2.24) is 0 Å². The van der Waals surface area contributed by atoms with Gasteiger partial charge in [0.15, 0.2) is 0 Å². The number of anilines is 1. The van der Waals surface area contributed by atoms with E-state index in [0.29, 0.717) is 0 Å². The largest absolute Gasteiger partial charge is 0.388 e. The van der Waals surface area contributed by atoms with Crippen LogP contribution < -0.4 is 5.32 Å². The molecule has 0 aliphatic carbocycles. The van der Waals surface area contributed by atoms with E-state index in [1.807, 2.05) is 19.2 Å². The molecule has 1 N–H and O–H groups in total. The van der Waals surface area contributed by atoms with E-state index in [9.17, 15) is 0 Å². The third-order valence-corrected chi connectivity index (χ3v) is 2.45. The van der Waals surface area contributed by atoms with Gasteiger partial charge in [-0.3, -0.25) is 0 Å². The number of hydrogen-bond acceptors (Lipinski definition) is 1. The maximum absolute atomic E-state index is 3.69. The van der Waals surface area contributed by atoms with Crippen molar-refractivity contribution in [2.24, 2.45) is 0 Å². The van der Waals surface area contributed by atoms with Crippen LogP contribution in [0.5, 0.6) is 0 Å². The van der Waals surface area contributed by atoms with Gasteiger partial charge in [0.05, 0.1) is 0 Å². The van der Waals surface area contributed by atoms with Gasteiger partial charge in [-0.1, -0.05) is 42.5 Å². The first-order chi connectivity index (χ1) is 7.67. The Morgan fingerprint density at radius 3 is 2.31 bits per heavy atom. The fourth-order valence-corrected chi connectivity index (χ4v) is 1.56. The van der Waals surface area contributed by atoms with Gasteiger partial charge in [0.25, 0.3) is 0 Å². The second-order valence-electron chi connectivity index (χ2n) is 3.80. The zero-order valence-electron chi connectivity index (χ0n) is 10.2. The molecule has 0 fully saturated rings. The van der Waals surface area contributed by atoms with Crippen LogP contribution in [0, 0.1) is 0 Å². The minimum Gasteiger partial charge on any atom is -0.388 e. The number of allylic oxidation sites excluding steroid dienone is 5. The Balaban J connectivity index is 2.91. The van der Waals surface area contributed by atoms with Crippen molar-refractivity contribution in [3.05, 3.63) is 60.2 Å². The lowest BCUT2D eigenvalue weighted by Crippen LogP contribution is -1.87. The first-order valence-corrected chi connectivity index (χ1v) is 5.43. The summed E-state index contributed by atoms with van der Waals surface area (Å²) in [5.74, 6) is 0. The third kappa shape index (κ3) is 3.43. The van der Waals surface area contributed by atoms with Crippen LogP contribution in [0.4, 0.5) is 5.69 Å². The van der Waals surface area contributed by atoms with Gasteiger partial charge in [0.1, 0.15) is 0 Å². The van der Waals surface area contributed by atoms with E-state index < -0.39 is 0 Å². The zero-order chi connectivity index (χ0) is 12.0. The molecule has 0 saturated carbocycles. The Hall–Kier alpha value is -1.76. The van der Waals surface area contributed by atoms with E-state index in [1.165, 1.54) is 16.7 Å². The second kappa shape index (κ2) is 5.96. The van der Waals surface area contributed by atoms with Crippen LogP contribution in [0.15, 0.2) is 54.6 Å². The van der Waals surface area contributed by atoms with Crippen LogP contribution in [0.1, 0.15) is 19.4 Å².